The van der Waals surface area contributed by atoms with E-state index >= 15 is 0 Å². The van der Waals surface area contributed by atoms with Crippen molar-refractivity contribution in [1.82, 2.24) is 9.62 Å². The Hall–Kier alpha value is -3.12. The van der Waals surface area contributed by atoms with Crippen LogP contribution in [0.5, 0.6) is 5.75 Å². The van der Waals surface area contributed by atoms with Crippen LogP contribution in [-0.2, 0) is 37.3 Å². The summed E-state index contributed by atoms with van der Waals surface area (Å²) >= 11 is 6.38. The zero-order valence-corrected chi connectivity index (χ0v) is 32.7. The number of hydrogen-bond donors (Lipinski definition) is 1. The van der Waals surface area contributed by atoms with Gasteiger partial charge >= 0.3 is 0 Å². The highest BCUT2D eigenvalue weighted by Gasteiger charge is 2.52. The first-order valence-electron chi connectivity index (χ1n) is 18.6. The monoisotopic (exact) mass is 755 g/mol. The summed E-state index contributed by atoms with van der Waals surface area (Å²) in [6.45, 7) is 5.67. The molecule has 2 aliphatic carbocycles. The summed E-state index contributed by atoms with van der Waals surface area (Å²) in [4.78, 5) is 31.8. The number of methoxy groups -OCH3 is 2. The van der Waals surface area contributed by atoms with E-state index in [2.05, 4.69) is 9.62 Å². The quantitative estimate of drug-likeness (QED) is 0.331. The molecule has 2 bridgehead atoms. The predicted octanol–water partition coefficient (Wildman–Crippen LogP) is 6.54. The fourth-order valence-electron chi connectivity index (χ4n) is 8.27. The van der Waals surface area contributed by atoms with Crippen LogP contribution in [0.4, 0.5) is 5.69 Å². The third-order valence-electron chi connectivity index (χ3n) is 12.3. The molecule has 284 valence electrons. The van der Waals surface area contributed by atoms with Crippen molar-refractivity contribution in [2.75, 3.05) is 45.9 Å². The van der Waals surface area contributed by atoms with Gasteiger partial charge in [0.25, 0.3) is 5.91 Å². The van der Waals surface area contributed by atoms with E-state index in [1.807, 2.05) is 49.2 Å². The Bertz CT molecular complexity index is 1780. The molecular formula is C40H54ClN3O7S. The van der Waals surface area contributed by atoms with Gasteiger partial charge in [-0.3, -0.25) is 9.59 Å². The maximum atomic E-state index is 14.1. The zero-order chi connectivity index (χ0) is 37.3. The van der Waals surface area contributed by atoms with Crippen molar-refractivity contribution in [3.63, 3.8) is 0 Å². The fourth-order valence-corrected chi connectivity index (χ4v) is 9.75. The van der Waals surface area contributed by atoms with Gasteiger partial charge in [0, 0.05) is 44.9 Å². The van der Waals surface area contributed by atoms with Crippen LogP contribution in [0.25, 0.3) is 0 Å². The fraction of sp³-hybridized carbons (Fsp3) is 0.600. The summed E-state index contributed by atoms with van der Waals surface area (Å²) < 4.78 is 47.9. The van der Waals surface area contributed by atoms with Gasteiger partial charge in [0.2, 0.25) is 15.9 Å². The molecule has 4 aliphatic rings. The van der Waals surface area contributed by atoms with E-state index in [0.29, 0.717) is 43.5 Å². The largest absolute Gasteiger partial charge is 0.487 e. The van der Waals surface area contributed by atoms with Gasteiger partial charge in [-0.15, -0.1) is 0 Å². The van der Waals surface area contributed by atoms with Gasteiger partial charge < -0.3 is 24.0 Å². The second kappa shape index (κ2) is 15.7. The van der Waals surface area contributed by atoms with E-state index in [1.165, 1.54) is 0 Å². The van der Waals surface area contributed by atoms with Crippen LogP contribution in [0.15, 0.2) is 48.6 Å². The van der Waals surface area contributed by atoms with Crippen molar-refractivity contribution < 1.29 is 32.2 Å². The van der Waals surface area contributed by atoms with E-state index < -0.39 is 26.8 Å². The summed E-state index contributed by atoms with van der Waals surface area (Å²) in [6.07, 6.45) is 10.9. The number of anilines is 1. The van der Waals surface area contributed by atoms with Crippen molar-refractivity contribution >= 4 is 39.1 Å². The molecule has 1 N–H and O–H groups in total. The lowest BCUT2D eigenvalue weighted by atomic mass is 9.63. The average molecular weight is 756 g/mol. The number of nitrogens with zero attached hydrogens (tertiary/aromatic N) is 2. The summed E-state index contributed by atoms with van der Waals surface area (Å²) in [7, 11) is 1.21. The Morgan fingerprint density at radius 2 is 1.88 bits per heavy atom. The van der Waals surface area contributed by atoms with Crippen LogP contribution in [0, 0.1) is 17.8 Å². The predicted molar refractivity (Wildman–Crippen MR) is 203 cm³/mol. The van der Waals surface area contributed by atoms with E-state index in [-0.39, 0.29) is 41.2 Å². The lowest BCUT2D eigenvalue weighted by Crippen LogP contribution is -2.54. The molecule has 5 atom stereocenters. The SMILES string of the molecule is COCC1(N(C)C(=O)C[C@]2(OC)/C=C/C[C@H](C)[C@@H](C)S(=O)(=O)NC(=O)c3ccc4c(c3)N(CCCCc3cc(Cl)ccc3CO4)C[C@@H]3CC[C@H]32)CC1. The Kier molecular flexibility index (Phi) is 11.7. The summed E-state index contributed by atoms with van der Waals surface area (Å²) in [5.74, 6) is -0.135. The van der Waals surface area contributed by atoms with Gasteiger partial charge in [0.1, 0.15) is 12.4 Å². The number of likely N-dealkylation sites (N-methyl/N-ethyl adjacent to an activating group) is 1. The van der Waals surface area contributed by atoms with Crippen molar-refractivity contribution in [3.05, 3.63) is 70.3 Å². The molecule has 2 aromatic rings. The minimum atomic E-state index is -4.02. The van der Waals surface area contributed by atoms with Crippen LogP contribution in [0.3, 0.4) is 0 Å². The number of sulfonamides is 1. The van der Waals surface area contributed by atoms with Gasteiger partial charge in [0.05, 0.1) is 35.1 Å². The molecule has 2 aromatic carbocycles. The Balaban J connectivity index is 1.39. The van der Waals surface area contributed by atoms with Crippen molar-refractivity contribution in [1.29, 1.82) is 0 Å². The molecule has 6 rings (SSSR count). The Morgan fingerprint density at radius 1 is 1.10 bits per heavy atom. The Labute approximate surface area is 314 Å². The molecule has 2 fully saturated rings. The highest BCUT2D eigenvalue weighted by atomic mass is 35.5. The minimum Gasteiger partial charge on any atom is -0.487 e. The molecule has 0 aromatic heterocycles. The number of ether oxygens (including phenoxy) is 3. The number of carbonyl (C=O) groups is 2. The second-order valence-corrected chi connectivity index (χ2v) is 17.9. The van der Waals surface area contributed by atoms with Crippen molar-refractivity contribution in [2.45, 2.75) is 94.6 Å². The molecule has 0 spiro atoms. The zero-order valence-electron chi connectivity index (χ0n) is 31.2. The molecule has 0 radical (unpaired) electrons. The van der Waals surface area contributed by atoms with Gasteiger partial charge in [-0.25, -0.2) is 13.1 Å². The first-order valence-corrected chi connectivity index (χ1v) is 20.6. The van der Waals surface area contributed by atoms with Crippen molar-refractivity contribution in [3.8, 4) is 5.75 Å². The van der Waals surface area contributed by atoms with E-state index in [9.17, 15) is 18.0 Å². The number of nitrogens with one attached hydrogen (secondary N) is 1. The molecule has 2 aliphatic heterocycles. The maximum absolute atomic E-state index is 14.1. The molecule has 12 heteroatoms. The van der Waals surface area contributed by atoms with Crippen LogP contribution in [-0.4, -0.2) is 82.5 Å². The van der Waals surface area contributed by atoms with Crippen LogP contribution >= 0.6 is 11.6 Å². The number of fused-ring (bicyclic) bond motifs is 3. The van der Waals surface area contributed by atoms with E-state index in [1.54, 1.807) is 39.3 Å². The molecule has 0 unspecified atom stereocenters. The molecule has 10 nitrogen and oxygen atoms in total. The summed E-state index contributed by atoms with van der Waals surface area (Å²) in [5, 5.41) is -0.163. The lowest BCUT2D eigenvalue weighted by molar-refractivity contribution is -0.145. The number of rotatable bonds is 6. The summed E-state index contributed by atoms with van der Waals surface area (Å²) in [5.41, 5.74) is 2.03. The number of hydrogen-bond acceptors (Lipinski definition) is 8. The first-order chi connectivity index (χ1) is 24.8. The Morgan fingerprint density at radius 3 is 2.58 bits per heavy atom. The van der Waals surface area contributed by atoms with Crippen LogP contribution in [0.2, 0.25) is 5.02 Å². The lowest BCUT2D eigenvalue weighted by Gasteiger charge is -2.50. The summed E-state index contributed by atoms with van der Waals surface area (Å²) in [6, 6.07) is 11.1. The number of benzene rings is 2. The molecule has 2 saturated carbocycles. The standard InChI is InChI=1S/C40H54ClN3O7S/c1-27-9-8-17-40(50-5,23-37(45)43(3)39(18-19-39)26-49-4)34-15-12-31(34)24-44-20-7-6-10-29-21-33(41)14-11-32(29)25-51-36-16-13-30(22-35(36)44)38(46)42-52(47,48)28(27)2/h8,11,13-14,16-17,21-22,27-28,31,34H,6-7,9-10,12,15,18-20,23-26H2,1-5H3,(H,42,46)/b17-8+/t27-,28+,31-,34+,40+/m0/s1. The first kappa shape index (κ1) is 38.6. The number of carbonyl (C=O) groups excluding carboxylic acids is 2. The minimum absolute atomic E-state index is 0.00566. The highest BCUT2D eigenvalue weighted by molar-refractivity contribution is 7.90. The van der Waals surface area contributed by atoms with Crippen LogP contribution in [0.1, 0.15) is 86.7 Å². The van der Waals surface area contributed by atoms with E-state index in [0.717, 1.165) is 61.8 Å². The molecule has 2 amide bonds. The average Bonchev–Trinajstić information content (AvgIpc) is 3.89. The number of aryl methyl sites for hydroxylation is 1. The topological polar surface area (TPSA) is 114 Å². The van der Waals surface area contributed by atoms with E-state index in [4.69, 9.17) is 25.8 Å². The van der Waals surface area contributed by atoms with Crippen LogP contribution < -0.4 is 14.4 Å². The highest BCUT2D eigenvalue weighted by Crippen LogP contribution is 2.49. The molecule has 0 saturated heterocycles. The number of halogens is 1. The smallest absolute Gasteiger partial charge is 0.264 e. The molecule has 52 heavy (non-hydrogen) atoms. The second-order valence-electron chi connectivity index (χ2n) is 15.5. The third kappa shape index (κ3) is 8.03. The number of allylic oxidation sites excluding steroid dienone is 1. The normalized spacial score (nSPS) is 29.1. The van der Waals surface area contributed by atoms with Gasteiger partial charge in [-0.1, -0.05) is 36.7 Å². The molecule has 2 heterocycles. The van der Waals surface area contributed by atoms with Crippen molar-refractivity contribution in [2.24, 2.45) is 17.8 Å². The van der Waals surface area contributed by atoms with Gasteiger partial charge in [-0.05, 0) is 118 Å². The number of amides is 2. The van der Waals surface area contributed by atoms with Gasteiger partial charge in [0.15, 0.2) is 0 Å². The molecular weight excluding hydrogens is 702 g/mol. The van der Waals surface area contributed by atoms with Gasteiger partial charge in [-0.2, -0.15) is 0 Å². The third-order valence-corrected chi connectivity index (χ3v) is 14.5. The maximum Gasteiger partial charge on any atom is 0.264 e.